The van der Waals surface area contributed by atoms with Gasteiger partial charge in [0.05, 0.1) is 6.26 Å². The van der Waals surface area contributed by atoms with Gasteiger partial charge < -0.3 is 25.7 Å². The Morgan fingerprint density at radius 2 is 1.49 bits per heavy atom. The molecule has 4 N–H and O–H groups in total. The Labute approximate surface area is 264 Å². The molecule has 0 aliphatic carbocycles. The first-order valence-electron chi connectivity index (χ1n) is 15.3. The molecule has 234 valence electrons. The molecule has 9 nitrogen and oxygen atoms in total. The van der Waals surface area contributed by atoms with Crippen molar-refractivity contribution in [3.8, 4) is 0 Å². The molecule has 9 heteroatoms. The van der Waals surface area contributed by atoms with Crippen LogP contribution < -0.4 is 16.4 Å². The third-order valence-electron chi connectivity index (χ3n) is 8.13. The molecule has 3 amide bonds. The van der Waals surface area contributed by atoms with Crippen LogP contribution in [0.1, 0.15) is 74.3 Å². The molecule has 1 aromatic heterocycles. The maximum atomic E-state index is 13.4. The van der Waals surface area contributed by atoms with E-state index in [1.807, 2.05) is 54.6 Å². The molecule has 5 rings (SSSR count). The highest BCUT2D eigenvalue weighted by molar-refractivity contribution is 6.05. The van der Waals surface area contributed by atoms with Gasteiger partial charge in [-0.05, 0) is 64.1 Å². The number of nitrogens with two attached hydrogens (primary N) is 1. The average molecular weight is 608 g/mol. The zero-order valence-electron chi connectivity index (χ0n) is 26.1. The van der Waals surface area contributed by atoms with Gasteiger partial charge in [-0.3, -0.25) is 19.3 Å². The van der Waals surface area contributed by atoms with E-state index in [0.717, 1.165) is 22.3 Å². The predicted octanol–water partition coefficient (Wildman–Crippen LogP) is 5.18. The SMILES string of the molecule is CC(C)(C)c1ccc(C(=O)Nc2cc(C(=O)NCc3ccc(CN)cc3)ccc2CN2CCN(C(=O)c3ccco3)CC2)cc1. The summed E-state index contributed by atoms with van der Waals surface area (Å²) in [6, 6.07) is 24.2. The van der Waals surface area contributed by atoms with Gasteiger partial charge in [-0.2, -0.15) is 0 Å². The van der Waals surface area contributed by atoms with Gasteiger partial charge >= 0.3 is 0 Å². The largest absolute Gasteiger partial charge is 0.459 e. The van der Waals surface area contributed by atoms with Gasteiger partial charge in [0.15, 0.2) is 5.76 Å². The summed E-state index contributed by atoms with van der Waals surface area (Å²) < 4.78 is 5.28. The van der Waals surface area contributed by atoms with E-state index >= 15 is 0 Å². The molecular formula is C36H41N5O4. The molecule has 0 unspecified atom stereocenters. The topological polar surface area (TPSA) is 121 Å². The fourth-order valence-electron chi connectivity index (χ4n) is 5.27. The van der Waals surface area contributed by atoms with Crippen molar-refractivity contribution >= 4 is 23.4 Å². The van der Waals surface area contributed by atoms with Gasteiger partial charge in [0.1, 0.15) is 0 Å². The van der Waals surface area contributed by atoms with Crippen LogP contribution in [0.2, 0.25) is 0 Å². The minimum atomic E-state index is -0.247. The van der Waals surface area contributed by atoms with Crippen molar-refractivity contribution in [2.45, 2.75) is 45.8 Å². The summed E-state index contributed by atoms with van der Waals surface area (Å²) in [5.74, 6) is -0.260. The number of amides is 3. The second-order valence-electron chi connectivity index (χ2n) is 12.4. The summed E-state index contributed by atoms with van der Waals surface area (Å²) in [4.78, 5) is 43.3. The number of hydrogen-bond donors (Lipinski definition) is 3. The van der Waals surface area contributed by atoms with Gasteiger partial charge in [-0.15, -0.1) is 0 Å². The van der Waals surface area contributed by atoms with Crippen LogP contribution in [0.4, 0.5) is 5.69 Å². The Morgan fingerprint density at radius 3 is 2.11 bits per heavy atom. The smallest absolute Gasteiger partial charge is 0.289 e. The monoisotopic (exact) mass is 607 g/mol. The van der Waals surface area contributed by atoms with E-state index in [9.17, 15) is 14.4 Å². The number of nitrogens with zero attached hydrogens (tertiary/aromatic N) is 2. The Bertz CT molecular complexity index is 1620. The van der Waals surface area contributed by atoms with Crippen LogP contribution in [0.3, 0.4) is 0 Å². The molecule has 1 saturated heterocycles. The van der Waals surface area contributed by atoms with Crippen molar-refractivity contribution in [1.82, 2.24) is 15.1 Å². The van der Waals surface area contributed by atoms with Crippen molar-refractivity contribution in [1.29, 1.82) is 0 Å². The van der Waals surface area contributed by atoms with Gasteiger partial charge in [-0.25, -0.2) is 0 Å². The molecule has 1 fully saturated rings. The van der Waals surface area contributed by atoms with Crippen molar-refractivity contribution in [3.63, 3.8) is 0 Å². The Kier molecular flexibility index (Phi) is 9.80. The molecule has 2 heterocycles. The van der Waals surface area contributed by atoms with Crippen molar-refractivity contribution in [2.75, 3.05) is 31.5 Å². The summed E-state index contributed by atoms with van der Waals surface area (Å²) in [5, 5.41) is 6.04. The zero-order valence-corrected chi connectivity index (χ0v) is 26.1. The van der Waals surface area contributed by atoms with Crippen LogP contribution in [-0.4, -0.2) is 53.7 Å². The lowest BCUT2D eigenvalue weighted by Crippen LogP contribution is -2.48. The highest BCUT2D eigenvalue weighted by Crippen LogP contribution is 2.25. The number of nitrogens with one attached hydrogen (secondary N) is 2. The fourth-order valence-corrected chi connectivity index (χ4v) is 5.27. The lowest BCUT2D eigenvalue weighted by Gasteiger charge is -2.34. The standard InChI is InChI=1S/C36H41N5O4/c1-36(2,3)30-14-12-27(13-15-30)34(43)39-31-21-28(33(42)38-23-26-8-6-25(22-37)7-9-26)10-11-29(31)24-40-16-18-41(19-17-40)35(44)32-5-4-20-45-32/h4-15,20-21H,16-19,22-24,37H2,1-3H3,(H,38,42)(H,39,43). The van der Waals surface area contributed by atoms with Crippen LogP contribution >= 0.6 is 0 Å². The lowest BCUT2D eigenvalue weighted by atomic mass is 9.86. The first kappa shape index (κ1) is 31.7. The minimum absolute atomic E-state index is 0.0249. The molecule has 4 aromatic rings. The molecule has 0 radical (unpaired) electrons. The summed E-state index contributed by atoms with van der Waals surface area (Å²) in [5.41, 5.74) is 11.2. The summed E-state index contributed by atoms with van der Waals surface area (Å²) in [6.45, 7) is 10.2. The third-order valence-corrected chi connectivity index (χ3v) is 8.13. The Balaban J connectivity index is 1.31. The number of rotatable bonds is 9. The van der Waals surface area contributed by atoms with Crippen LogP contribution in [-0.2, 0) is 25.0 Å². The summed E-state index contributed by atoms with van der Waals surface area (Å²) >= 11 is 0. The quantitative estimate of drug-likeness (QED) is 0.241. The number of carbonyl (C=O) groups is 3. The molecule has 0 atom stereocenters. The molecule has 0 bridgehead atoms. The first-order valence-corrected chi connectivity index (χ1v) is 15.3. The Hall–Kier alpha value is -4.73. The maximum absolute atomic E-state index is 13.4. The summed E-state index contributed by atoms with van der Waals surface area (Å²) in [7, 11) is 0. The zero-order chi connectivity index (χ0) is 32.0. The number of furan rings is 1. The molecule has 1 aliphatic heterocycles. The molecule has 1 aliphatic rings. The highest BCUT2D eigenvalue weighted by Gasteiger charge is 2.25. The normalized spacial score (nSPS) is 13.8. The van der Waals surface area contributed by atoms with E-state index in [2.05, 4.69) is 36.3 Å². The van der Waals surface area contributed by atoms with E-state index in [0.29, 0.717) is 68.4 Å². The van der Waals surface area contributed by atoms with Crippen LogP contribution in [0, 0.1) is 0 Å². The van der Waals surface area contributed by atoms with Gasteiger partial charge in [0.2, 0.25) is 0 Å². The van der Waals surface area contributed by atoms with Gasteiger partial charge in [0.25, 0.3) is 17.7 Å². The molecule has 0 spiro atoms. The molecule has 45 heavy (non-hydrogen) atoms. The van der Waals surface area contributed by atoms with Crippen LogP contribution in [0.15, 0.2) is 89.5 Å². The van der Waals surface area contributed by atoms with E-state index in [1.165, 1.54) is 6.26 Å². The maximum Gasteiger partial charge on any atom is 0.289 e. The highest BCUT2D eigenvalue weighted by atomic mass is 16.3. The average Bonchev–Trinajstić information content (AvgIpc) is 3.59. The third kappa shape index (κ3) is 8.06. The number of piperazine rings is 1. The minimum Gasteiger partial charge on any atom is -0.459 e. The first-order chi connectivity index (χ1) is 21.6. The van der Waals surface area contributed by atoms with E-state index in [4.69, 9.17) is 10.2 Å². The van der Waals surface area contributed by atoms with Crippen LogP contribution in [0.25, 0.3) is 0 Å². The molecule has 0 saturated carbocycles. The molecule has 3 aromatic carbocycles. The predicted molar refractivity (Wildman–Crippen MR) is 175 cm³/mol. The number of anilines is 1. The van der Waals surface area contributed by atoms with Gasteiger partial charge in [0, 0.05) is 62.6 Å². The van der Waals surface area contributed by atoms with E-state index in [-0.39, 0.29) is 23.1 Å². The Morgan fingerprint density at radius 1 is 0.822 bits per heavy atom. The number of carbonyl (C=O) groups excluding carboxylic acids is 3. The van der Waals surface area contributed by atoms with E-state index < -0.39 is 0 Å². The van der Waals surface area contributed by atoms with E-state index in [1.54, 1.807) is 29.2 Å². The van der Waals surface area contributed by atoms with Crippen LogP contribution in [0.5, 0.6) is 0 Å². The van der Waals surface area contributed by atoms with Gasteiger partial charge in [-0.1, -0.05) is 63.2 Å². The second-order valence-corrected chi connectivity index (χ2v) is 12.4. The van der Waals surface area contributed by atoms with Crippen molar-refractivity contribution in [2.24, 2.45) is 5.73 Å². The fraction of sp³-hybridized carbons (Fsp3) is 0.306. The lowest BCUT2D eigenvalue weighted by molar-refractivity contribution is 0.0597. The van der Waals surface area contributed by atoms with Crippen molar-refractivity contribution in [3.05, 3.63) is 124 Å². The summed E-state index contributed by atoms with van der Waals surface area (Å²) in [6.07, 6.45) is 1.50. The number of hydrogen-bond acceptors (Lipinski definition) is 6. The van der Waals surface area contributed by atoms with Crippen molar-refractivity contribution < 1.29 is 18.8 Å². The molecular weight excluding hydrogens is 566 g/mol. The second kappa shape index (κ2) is 13.9. The number of benzene rings is 3.